The fourth-order valence-corrected chi connectivity index (χ4v) is 0. The molecular weight excluding hydrogens is 151 g/mol. The summed E-state index contributed by atoms with van der Waals surface area (Å²) in [7, 11) is 0. The van der Waals surface area contributed by atoms with E-state index in [2.05, 4.69) is 0 Å². The number of carbonyl (C=O) groups excluding carboxylic acids is 1. The van der Waals surface area contributed by atoms with Crippen LogP contribution < -0.4 is 0 Å². The summed E-state index contributed by atoms with van der Waals surface area (Å²) in [5, 5.41) is 7.35. The van der Waals surface area contributed by atoms with Crippen LogP contribution in [0.2, 0.25) is 0 Å². The first-order chi connectivity index (χ1) is 2.27. The minimum atomic E-state index is -1.43. The van der Waals surface area contributed by atoms with E-state index in [1.54, 1.807) is 0 Å². The Balaban J connectivity index is -0.0000000267. The van der Waals surface area contributed by atoms with Crippen molar-refractivity contribution in [3.05, 3.63) is 0 Å². The Kier molecular flexibility index (Phi) is 44.9. The van der Waals surface area contributed by atoms with Crippen LogP contribution in [-0.2, 0) is 9.59 Å². The van der Waals surface area contributed by atoms with E-state index in [1.165, 1.54) is 0 Å². The molecule has 0 aliphatic carbocycles. The Morgan fingerprint density at radius 2 is 1.62 bits per heavy atom. The first kappa shape index (κ1) is 22.8. The summed E-state index contributed by atoms with van der Waals surface area (Å²) in [4.78, 5) is 17.9. The second kappa shape index (κ2) is 15.8. The van der Waals surface area contributed by atoms with E-state index in [1.807, 2.05) is 0 Å². The number of carbonyl (C=O) groups is 2. The van der Waals surface area contributed by atoms with E-state index in [0.29, 0.717) is 0 Å². The molecule has 4 nitrogen and oxygen atoms in total. The number of hydrogen-bond donors (Lipinski definition) is 1. The summed E-state index contributed by atoms with van der Waals surface area (Å²) in [6.45, 7) is 0. The van der Waals surface area contributed by atoms with Crippen molar-refractivity contribution in [3.8, 4) is 0 Å². The Morgan fingerprint density at radius 1 is 1.50 bits per heavy atom. The van der Waals surface area contributed by atoms with Crippen LogP contribution in [0.5, 0.6) is 0 Å². The normalized spacial score (nSPS) is 4.00. The quantitative estimate of drug-likeness (QED) is 0.249. The summed E-state index contributed by atoms with van der Waals surface area (Å²) < 4.78 is 0. The average molecular weight is 158 g/mol. The molecule has 0 atom stereocenters. The van der Waals surface area contributed by atoms with E-state index >= 15 is 0 Å². The van der Waals surface area contributed by atoms with Crippen LogP contribution in [0.3, 0.4) is 0 Å². The van der Waals surface area contributed by atoms with Gasteiger partial charge in [-0.25, -0.2) is 4.79 Å². The number of aliphatic carboxylic acids is 1. The Hall–Kier alpha value is 1.36. The third-order valence-electron chi connectivity index (χ3n) is 0.101. The molecule has 8 heavy (non-hydrogen) atoms. The Labute approximate surface area is 98.2 Å². The number of aldehydes is 1. The second-order valence-corrected chi connectivity index (χ2v) is 0.456. The van der Waals surface area contributed by atoms with Crippen LogP contribution in [0.4, 0.5) is 0 Å². The number of rotatable bonds is 1. The summed E-state index contributed by atoms with van der Waals surface area (Å²) >= 11 is 0. The van der Waals surface area contributed by atoms with Gasteiger partial charge in [-0.05, 0) is 0 Å². The molecule has 0 aliphatic heterocycles. The van der Waals surface area contributed by atoms with Crippen molar-refractivity contribution >= 4 is 79.6 Å². The molecule has 0 aromatic carbocycles. The van der Waals surface area contributed by atoms with Crippen LogP contribution >= 0.6 is 0 Å². The maximum atomic E-state index is 9.00. The van der Waals surface area contributed by atoms with Crippen molar-refractivity contribution in [2.75, 3.05) is 0 Å². The summed E-state index contributed by atoms with van der Waals surface area (Å²) in [5.74, 6) is -1.43. The van der Waals surface area contributed by atoms with Gasteiger partial charge in [0.05, 0.1) is 0 Å². The standard InChI is InChI=1S/C2H2O3.Ca.Na.H2O.3H/c3-1-2(4)5;;;;;;/h1H,(H,4,5);;;1H2;;;. The monoisotopic (exact) mass is 158 g/mol. The van der Waals surface area contributed by atoms with Crippen LogP contribution in [0.15, 0.2) is 0 Å². The summed E-state index contributed by atoms with van der Waals surface area (Å²) in [5.41, 5.74) is 0. The molecule has 42 valence electrons. The van der Waals surface area contributed by atoms with Crippen molar-refractivity contribution in [3.63, 3.8) is 0 Å². The predicted molar refractivity (Wildman–Crippen MR) is 33.0 cm³/mol. The first-order valence-corrected chi connectivity index (χ1v) is 0.952. The zero-order chi connectivity index (χ0) is 4.28. The molecule has 0 saturated heterocycles. The van der Waals surface area contributed by atoms with Gasteiger partial charge in [0, 0.05) is 0 Å². The van der Waals surface area contributed by atoms with Gasteiger partial charge >= 0.3 is 73.3 Å². The minimum absolute atomic E-state index is 0. The third kappa shape index (κ3) is 26.4. The van der Waals surface area contributed by atoms with Gasteiger partial charge in [-0.2, -0.15) is 0 Å². The zero-order valence-corrected chi connectivity index (χ0v) is 2.84. The molecule has 0 radical (unpaired) electrons. The van der Waals surface area contributed by atoms with Gasteiger partial charge in [-0.15, -0.1) is 0 Å². The SMILES string of the molecule is O.O=CC(=O)O.[CaH2].[NaH]. The molecule has 0 spiro atoms. The van der Waals surface area contributed by atoms with Gasteiger partial charge in [0.25, 0.3) is 0 Å². The Bertz CT molecular complexity index is 65.1. The van der Waals surface area contributed by atoms with Gasteiger partial charge < -0.3 is 10.6 Å². The molecule has 0 fully saturated rings. The predicted octanol–water partition coefficient (Wildman–Crippen LogP) is -3.12. The number of hydrogen-bond acceptors (Lipinski definition) is 2. The average Bonchev–Trinajstić information content (AvgIpc) is 1.38. The molecule has 0 amide bonds. The fourth-order valence-electron chi connectivity index (χ4n) is 0. The molecule has 0 rings (SSSR count). The topological polar surface area (TPSA) is 85.9 Å². The van der Waals surface area contributed by atoms with E-state index in [4.69, 9.17) is 14.7 Å². The summed E-state index contributed by atoms with van der Waals surface area (Å²) in [6, 6.07) is 0. The second-order valence-electron chi connectivity index (χ2n) is 0.456. The van der Waals surface area contributed by atoms with Crippen molar-refractivity contribution in [1.29, 1.82) is 0 Å². The van der Waals surface area contributed by atoms with E-state index in [-0.39, 0.29) is 79.1 Å². The molecular formula is C2H7CaNaO4. The molecule has 0 aromatic rings. The van der Waals surface area contributed by atoms with Crippen LogP contribution in [0, 0.1) is 0 Å². The number of carboxylic acid groups (broad SMARTS) is 1. The third-order valence-corrected chi connectivity index (χ3v) is 0.101. The van der Waals surface area contributed by atoms with Crippen molar-refractivity contribution in [1.82, 2.24) is 0 Å². The summed E-state index contributed by atoms with van der Waals surface area (Å²) in [6.07, 6.45) is -0.167. The molecule has 0 saturated carbocycles. The Morgan fingerprint density at radius 3 is 1.62 bits per heavy atom. The fraction of sp³-hybridized carbons (Fsp3) is 0. The zero-order valence-electron chi connectivity index (χ0n) is 2.84. The van der Waals surface area contributed by atoms with Crippen molar-refractivity contribution < 1.29 is 20.2 Å². The molecule has 0 heterocycles. The molecule has 3 N–H and O–H groups in total. The van der Waals surface area contributed by atoms with E-state index in [9.17, 15) is 0 Å². The molecule has 0 bridgehead atoms. The van der Waals surface area contributed by atoms with Crippen molar-refractivity contribution in [2.45, 2.75) is 0 Å². The maximum absolute atomic E-state index is 9.00. The van der Waals surface area contributed by atoms with Crippen LogP contribution in [-0.4, -0.2) is 90.1 Å². The molecule has 6 heteroatoms. The van der Waals surface area contributed by atoms with Gasteiger partial charge in [-0.1, -0.05) is 0 Å². The van der Waals surface area contributed by atoms with Gasteiger partial charge in [0.15, 0.2) is 0 Å². The molecule has 0 unspecified atom stereocenters. The van der Waals surface area contributed by atoms with Gasteiger partial charge in [0.1, 0.15) is 0 Å². The van der Waals surface area contributed by atoms with Gasteiger partial charge in [-0.3, -0.25) is 4.79 Å². The van der Waals surface area contributed by atoms with Crippen molar-refractivity contribution in [2.24, 2.45) is 0 Å². The van der Waals surface area contributed by atoms with E-state index in [0.717, 1.165) is 0 Å². The van der Waals surface area contributed by atoms with Gasteiger partial charge in [0.2, 0.25) is 6.29 Å². The van der Waals surface area contributed by atoms with E-state index < -0.39 is 5.97 Å². The first-order valence-electron chi connectivity index (χ1n) is 0.952. The molecule has 0 aromatic heterocycles. The molecule has 0 aliphatic rings. The van der Waals surface area contributed by atoms with Crippen LogP contribution in [0.25, 0.3) is 0 Å². The number of carboxylic acids is 1. The van der Waals surface area contributed by atoms with Crippen LogP contribution in [0.1, 0.15) is 0 Å².